The largest absolute Gasteiger partial charge is 0.416 e. The molecule has 0 aliphatic carbocycles. The molecule has 7 nitrogen and oxygen atoms in total. The van der Waals surface area contributed by atoms with Crippen LogP contribution < -0.4 is 0 Å². The Morgan fingerprint density at radius 2 is 0.576 bits per heavy atom. The first-order chi connectivity index (χ1) is 45.2. The molecule has 6 aromatic heterocycles. The molecule has 0 aliphatic heterocycles. The van der Waals surface area contributed by atoms with Crippen molar-refractivity contribution in [2.45, 2.75) is 6.18 Å². The number of nitriles is 1. The molecule has 0 saturated carbocycles. The number of hydrogen-bond donors (Lipinski definition) is 0. The first-order valence-electron chi connectivity index (χ1n) is 30.2. The molecule has 10 aromatic carbocycles. The molecule has 16 aromatic rings. The van der Waals surface area contributed by atoms with Crippen LogP contribution in [0, 0.1) is 11.3 Å². The van der Waals surface area contributed by atoms with Gasteiger partial charge in [-0.25, -0.2) is 0 Å². The zero-order valence-corrected chi connectivity index (χ0v) is 49.1. The molecule has 0 fully saturated rings. The van der Waals surface area contributed by atoms with Gasteiger partial charge >= 0.3 is 6.18 Å². The molecule has 0 spiro atoms. The Morgan fingerprint density at radius 3 is 0.848 bits per heavy atom. The number of alkyl halides is 3. The molecule has 16 rings (SSSR count). The number of rotatable bonds is 11. The molecule has 434 valence electrons. The molecule has 0 amide bonds. The fourth-order valence-electron chi connectivity index (χ4n) is 12.8. The van der Waals surface area contributed by atoms with Crippen LogP contribution in [0.25, 0.3) is 156 Å². The van der Waals surface area contributed by atoms with E-state index in [1.807, 2.05) is 183 Å². The SMILES string of the molecule is N#Cc1cc(-n2c3cc(-c4ccc(-c5ccccc5)nc4)ccc3c3ccc(-c4ccc(-c5ccccc5)nc4)cc32)c(-c2cccc(C(F)(F)F)c2)c(-n2c3cc(-c4ccc(-c5ccccc5)nc4)ccc3c3ccc(-c4ccc(-c5ccccc5)nc4)cc32)c1. The molecule has 0 atom stereocenters. The number of nitrogens with zero attached hydrogens (tertiary/aromatic N) is 7. The van der Waals surface area contributed by atoms with Crippen molar-refractivity contribution in [1.29, 1.82) is 5.26 Å². The van der Waals surface area contributed by atoms with Gasteiger partial charge in [-0.3, -0.25) is 19.9 Å². The van der Waals surface area contributed by atoms with Crippen LogP contribution in [0.1, 0.15) is 11.1 Å². The summed E-state index contributed by atoms with van der Waals surface area (Å²) >= 11 is 0. The van der Waals surface area contributed by atoms with Crippen molar-refractivity contribution in [1.82, 2.24) is 29.1 Å². The quantitative estimate of drug-likeness (QED) is 0.129. The van der Waals surface area contributed by atoms with E-state index in [-0.39, 0.29) is 5.56 Å². The third kappa shape index (κ3) is 10.0. The number of benzene rings is 10. The van der Waals surface area contributed by atoms with E-state index in [0.29, 0.717) is 22.5 Å². The monoisotopic (exact) mass is 1190 g/mol. The summed E-state index contributed by atoms with van der Waals surface area (Å²) in [7, 11) is 0. The standard InChI is InChI=1S/C82H50F3N7/c83-82(84,85)66-23-13-22-61(42-66)81-79(91-75-43-57(62-28-36-71(87-48-62)53-14-5-1-6-15-53)24-32-67(75)68-33-25-58(44-76(68)91)63-29-37-72(88-49-63)54-16-7-2-8-17-54)40-52(47-86)41-80(81)92-77-45-59(64-30-38-73(89-50-64)55-18-9-3-10-19-55)26-34-69(77)70-35-27-60(46-78(70)92)65-31-39-74(90-51-65)56-20-11-4-12-21-56/h1-46,48-51H. The zero-order valence-electron chi connectivity index (χ0n) is 49.1. The van der Waals surface area contributed by atoms with E-state index in [0.717, 1.165) is 139 Å². The summed E-state index contributed by atoms with van der Waals surface area (Å²) in [5.41, 5.74) is 18.5. The van der Waals surface area contributed by atoms with Crippen molar-refractivity contribution < 1.29 is 13.2 Å². The van der Waals surface area contributed by atoms with Gasteiger partial charge < -0.3 is 9.13 Å². The van der Waals surface area contributed by atoms with Crippen LogP contribution in [-0.2, 0) is 6.18 Å². The minimum absolute atomic E-state index is 0.290. The Balaban J connectivity index is 0.982. The molecule has 0 radical (unpaired) electrons. The minimum Gasteiger partial charge on any atom is -0.308 e. The lowest BCUT2D eigenvalue weighted by Gasteiger charge is -2.22. The van der Waals surface area contributed by atoms with Gasteiger partial charge in [-0.15, -0.1) is 0 Å². The van der Waals surface area contributed by atoms with E-state index in [1.165, 1.54) is 12.1 Å². The normalized spacial score (nSPS) is 11.6. The second-order valence-corrected chi connectivity index (χ2v) is 22.9. The summed E-state index contributed by atoms with van der Waals surface area (Å²) in [5, 5.41) is 15.1. The van der Waals surface area contributed by atoms with Gasteiger partial charge in [-0.05, 0) is 101 Å². The molecule has 0 aliphatic rings. The van der Waals surface area contributed by atoms with Gasteiger partial charge in [0.2, 0.25) is 0 Å². The summed E-state index contributed by atoms with van der Waals surface area (Å²) < 4.78 is 50.5. The Labute approximate surface area is 527 Å². The van der Waals surface area contributed by atoms with Crippen LogP contribution in [0.2, 0.25) is 0 Å². The Bertz CT molecular complexity index is 4920. The minimum atomic E-state index is -4.70. The summed E-state index contributed by atoms with van der Waals surface area (Å²) in [6.45, 7) is 0. The van der Waals surface area contributed by atoms with Gasteiger partial charge in [-0.2, -0.15) is 18.4 Å². The molecule has 10 heteroatoms. The number of hydrogen-bond acceptors (Lipinski definition) is 5. The highest BCUT2D eigenvalue weighted by atomic mass is 19.4. The average molecular weight is 1190 g/mol. The van der Waals surface area contributed by atoms with Gasteiger partial charge in [0, 0.05) is 96.4 Å². The van der Waals surface area contributed by atoms with Crippen molar-refractivity contribution >= 4 is 43.6 Å². The maximum atomic E-state index is 15.4. The third-order valence-electron chi connectivity index (χ3n) is 17.4. The maximum Gasteiger partial charge on any atom is 0.416 e. The highest BCUT2D eigenvalue weighted by molar-refractivity contribution is 6.14. The van der Waals surface area contributed by atoms with Crippen LogP contribution in [-0.4, -0.2) is 29.1 Å². The number of pyridine rings is 4. The number of aromatic nitrogens is 6. The molecule has 0 unspecified atom stereocenters. The highest BCUT2D eigenvalue weighted by Crippen LogP contribution is 2.47. The van der Waals surface area contributed by atoms with Gasteiger partial charge in [0.25, 0.3) is 0 Å². The zero-order chi connectivity index (χ0) is 61.9. The van der Waals surface area contributed by atoms with E-state index in [4.69, 9.17) is 19.9 Å². The van der Waals surface area contributed by atoms with E-state index < -0.39 is 11.7 Å². The molecular weight excluding hydrogens is 1140 g/mol. The van der Waals surface area contributed by atoms with E-state index in [2.05, 4.69) is 112 Å². The van der Waals surface area contributed by atoms with E-state index >= 15 is 13.2 Å². The average Bonchev–Trinajstić information content (AvgIpc) is 1.54. The maximum absolute atomic E-state index is 15.4. The fraction of sp³-hybridized carbons (Fsp3) is 0.0122. The van der Waals surface area contributed by atoms with Crippen LogP contribution in [0.15, 0.2) is 304 Å². The van der Waals surface area contributed by atoms with Crippen LogP contribution in [0.3, 0.4) is 0 Å². The molecule has 92 heavy (non-hydrogen) atoms. The number of fused-ring (bicyclic) bond motifs is 6. The van der Waals surface area contributed by atoms with Crippen molar-refractivity contribution in [2.24, 2.45) is 0 Å². The van der Waals surface area contributed by atoms with Crippen LogP contribution >= 0.6 is 0 Å². The molecule has 0 saturated heterocycles. The molecule has 6 heterocycles. The van der Waals surface area contributed by atoms with Gasteiger partial charge in [0.1, 0.15) is 0 Å². The molecule has 0 bridgehead atoms. The highest BCUT2D eigenvalue weighted by Gasteiger charge is 2.32. The Morgan fingerprint density at radius 1 is 0.283 bits per heavy atom. The molecular formula is C82H50F3N7. The molecule has 0 N–H and O–H groups in total. The van der Waals surface area contributed by atoms with Crippen LogP contribution in [0.4, 0.5) is 13.2 Å². The van der Waals surface area contributed by atoms with Crippen LogP contribution in [0.5, 0.6) is 0 Å². The van der Waals surface area contributed by atoms with Gasteiger partial charge in [0.15, 0.2) is 0 Å². The van der Waals surface area contributed by atoms with E-state index in [1.54, 1.807) is 6.07 Å². The summed E-state index contributed by atoms with van der Waals surface area (Å²) in [6, 6.07) is 93.2. The summed E-state index contributed by atoms with van der Waals surface area (Å²) in [4.78, 5) is 19.7. The van der Waals surface area contributed by atoms with Gasteiger partial charge in [0.05, 0.1) is 73.4 Å². The van der Waals surface area contributed by atoms with Gasteiger partial charge in [-0.1, -0.05) is 206 Å². The Hall–Kier alpha value is -12.3. The fourth-order valence-corrected chi connectivity index (χ4v) is 12.8. The first-order valence-corrected chi connectivity index (χ1v) is 30.2. The first kappa shape index (κ1) is 55.0. The van der Waals surface area contributed by atoms with Crippen molar-refractivity contribution in [3.63, 3.8) is 0 Å². The Kier molecular flexibility index (Phi) is 13.6. The van der Waals surface area contributed by atoms with E-state index in [9.17, 15) is 5.26 Å². The third-order valence-corrected chi connectivity index (χ3v) is 17.4. The predicted molar refractivity (Wildman–Crippen MR) is 365 cm³/mol. The van der Waals surface area contributed by atoms with Crippen molar-refractivity contribution in [3.8, 4) is 118 Å². The second-order valence-electron chi connectivity index (χ2n) is 22.9. The smallest absolute Gasteiger partial charge is 0.308 e. The second kappa shape index (κ2) is 22.7. The summed E-state index contributed by atoms with van der Waals surface area (Å²) in [5.74, 6) is 0. The van der Waals surface area contributed by atoms with Crippen molar-refractivity contribution in [3.05, 3.63) is 315 Å². The number of halogens is 3. The van der Waals surface area contributed by atoms with Crippen molar-refractivity contribution in [2.75, 3.05) is 0 Å². The summed E-state index contributed by atoms with van der Waals surface area (Å²) in [6.07, 6.45) is 2.79. The predicted octanol–water partition coefficient (Wildman–Crippen LogP) is 21.4. The topological polar surface area (TPSA) is 85.2 Å². The lowest BCUT2D eigenvalue weighted by molar-refractivity contribution is -0.137. The lowest BCUT2D eigenvalue weighted by atomic mass is 9.96. The lowest BCUT2D eigenvalue weighted by Crippen LogP contribution is -2.07.